The second kappa shape index (κ2) is 4.67. The van der Waals surface area contributed by atoms with Gasteiger partial charge in [-0.1, -0.05) is 27.7 Å². The molecule has 17 heavy (non-hydrogen) atoms. The van der Waals surface area contributed by atoms with Gasteiger partial charge in [-0.3, -0.25) is 4.79 Å². The fraction of sp³-hybridized carbons (Fsp3) is 0.846. The molecule has 0 spiro atoms. The first-order valence-electron chi connectivity index (χ1n) is 6.16. The van der Waals surface area contributed by atoms with Crippen molar-refractivity contribution in [2.75, 3.05) is 14.2 Å². The van der Waals surface area contributed by atoms with Gasteiger partial charge in [0.1, 0.15) is 11.6 Å². The van der Waals surface area contributed by atoms with E-state index in [0.29, 0.717) is 11.8 Å². The molecule has 0 saturated carbocycles. The molecule has 1 aliphatic rings. The maximum absolute atomic E-state index is 12.4. The van der Waals surface area contributed by atoms with Crippen LogP contribution < -0.4 is 0 Å². The van der Waals surface area contributed by atoms with Gasteiger partial charge in [-0.2, -0.15) is 0 Å². The van der Waals surface area contributed by atoms with Crippen LogP contribution in [0.3, 0.4) is 0 Å². The van der Waals surface area contributed by atoms with Crippen LogP contribution in [0.1, 0.15) is 34.6 Å². The number of nitrogens with zero attached hydrogens (tertiary/aromatic N) is 2. The summed E-state index contributed by atoms with van der Waals surface area (Å²) in [6, 6.07) is -0.0562. The molecule has 1 rings (SSSR count). The summed E-state index contributed by atoms with van der Waals surface area (Å²) >= 11 is 0. The van der Waals surface area contributed by atoms with Crippen LogP contribution in [0.4, 0.5) is 0 Å². The third-order valence-corrected chi connectivity index (χ3v) is 3.73. The maximum atomic E-state index is 12.4. The molecule has 1 heterocycles. The van der Waals surface area contributed by atoms with E-state index in [-0.39, 0.29) is 17.9 Å². The molecule has 1 amide bonds. The Morgan fingerprint density at radius 3 is 2.24 bits per heavy atom. The van der Waals surface area contributed by atoms with Gasteiger partial charge >= 0.3 is 0 Å². The first-order chi connectivity index (χ1) is 7.75. The fourth-order valence-corrected chi connectivity index (χ4v) is 2.27. The van der Waals surface area contributed by atoms with Crippen LogP contribution in [0.25, 0.3) is 0 Å². The summed E-state index contributed by atoms with van der Waals surface area (Å²) in [5, 5.41) is 0. The molecular weight excluding hydrogens is 216 g/mol. The predicted octanol–water partition coefficient (Wildman–Crippen LogP) is 1.94. The van der Waals surface area contributed by atoms with Crippen LogP contribution in [-0.2, 0) is 9.53 Å². The number of carbonyl (C=O) groups excluding carboxylic acids is 1. The van der Waals surface area contributed by atoms with E-state index in [1.54, 1.807) is 12.0 Å². The molecule has 98 valence electrons. The van der Waals surface area contributed by atoms with Crippen molar-refractivity contribution < 1.29 is 9.53 Å². The standard InChI is InChI=1S/C13H24N2O2/c1-8(2)10-11(17-7)14-13(5,9(3)4)12(16)15(10)6/h8-10H,1-7H3/t10-,13-/m0/s1. The number of hydrogen-bond acceptors (Lipinski definition) is 3. The summed E-state index contributed by atoms with van der Waals surface area (Å²) in [5.41, 5.74) is -0.703. The number of ether oxygens (including phenoxy) is 1. The van der Waals surface area contributed by atoms with E-state index in [2.05, 4.69) is 18.8 Å². The lowest BCUT2D eigenvalue weighted by atomic mass is 9.84. The topological polar surface area (TPSA) is 41.9 Å². The Morgan fingerprint density at radius 2 is 1.88 bits per heavy atom. The van der Waals surface area contributed by atoms with Crippen LogP contribution in [0.2, 0.25) is 0 Å². The van der Waals surface area contributed by atoms with Gasteiger partial charge in [-0.25, -0.2) is 4.99 Å². The Balaban J connectivity index is 3.26. The van der Waals surface area contributed by atoms with Gasteiger partial charge in [0.05, 0.1) is 7.11 Å². The third-order valence-electron chi connectivity index (χ3n) is 3.73. The van der Waals surface area contributed by atoms with Gasteiger partial charge in [0.15, 0.2) is 0 Å². The number of hydrogen-bond donors (Lipinski definition) is 0. The monoisotopic (exact) mass is 240 g/mol. The molecule has 0 unspecified atom stereocenters. The highest BCUT2D eigenvalue weighted by atomic mass is 16.5. The average molecular weight is 240 g/mol. The maximum Gasteiger partial charge on any atom is 0.251 e. The molecular formula is C13H24N2O2. The van der Waals surface area contributed by atoms with Gasteiger partial charge in [0.25, 0.3) is 5.91 Å². The van der Waals surface area contributed by atoms with Crippen LogP contribution >= 0.6 is 0 Å². The average Bonchev–Trinajstić information content (AvgIpc) is 2.24. The second-order valence-corrected chi connectivity index (χ2v) is 5.56. The van der Waals surface area contributed by atoms with Crippen molar-refractivity contribution in [1.82, 2.24) is 4.90 Å². The molecule has 0 fully saturated rings. The first kappa shape index (κ1) is 14.0. The Kier molecular flexibility index (Phi) is 3.84. The summed E-state index contributed by atoms with van der Waals surface area (Å²) < 4.78 is 5.39. The molecule has 0 N–H and O–H groups in total. The number of rotatable bonds is 2. The molecule has 0 saturated heterocycles. The SMILES string of the molecule is COC1=N[C@@](C)(C(C)C)C(=O)N(C)[C@H]1C(C)C. The minimum Gasteiger partial charge on any atom is -0.483 e. The van der Waals surface area contributed by atoms with E-state index in [1.807, 2.05) is 27.8 Å². The molecule has 0 radical (unpaired) electrons. The van der Waals surface area contributed by atoms with Crippen molar-refractivity contribution in [2.24, 2.45) is 16.8 Å². The van der Waals surface area contributed by atoms with Gasteiger partial charge in [-0.15, -0.1) is 0 Å². The number of methoxy groups -OCH3 is 1. The van der Waals surface area contributed by atoms with Crippen LogP contribution in [0.15, 0.2) is 4.99 Å². The fourth-order valence-electron chi connectivity index (χ4n) is 2.27. The zero-order valence-electron chi connectivity index (χ0n) is 11.9. The van der Waals surface area contributed by atoms with Crippen molar-refractivity contribution >= 4 is 11.8 Å². The number of carbonyl (C=O) groups is 1. The van der Waals surface area contributed by atoms with E-state index in [0.717, 1.165) is 0 Å². The number of likely N-dealkylation sites (N-methyl/N-ethyl adjacent to an activating group) is 1. The molecule has 0 aromatic rings. The van der Waals surface area contributed by atoms with Gasteiger partial charge < -0.3 is 9.64 Å². The Morgan fingerprint density at radius 1 is 1.35 bits per heavy atom. The number of amides is 1. The summed E-state index contributed by atoms with van der Waals surface area (Å²) in [4.78, 5) is 18.8. The van der Waals surface area contributed by atoms with Gasteiger partial charge in [0, 0.05) is 7.05 Å². The van der Waals surface area contributed by atoms with E-state index in [4.69, 9.17) is 4.74 Å². The van der Waals surface area contributed by atoms with Gasteiger partial charge in [-0.05, 0) is 18.8 Å². The molecule has 0 bridgehead atoms. The van der Waals surface area contributed by atoms with Crippen molar-refractivity contribution in [3.63, 3.8) is 0 Å². The molecule has 0 aliphatic carbocycles. The van der Waals surface area contributed by atoms with Crippen molar-refractivity contribution in [3.8, 4) is 0 Å². The summed E-state index contributed by atoms with van der Waals surface area (Å²) in [7, 11) is 3.46. The normalized spacial score (nSPS) is 29.9. The lowest BCUT2D eigenvalue weighted by Gasteiger charge is -2.43. The van der Waals surface area contributed by atoms with Crippen molar-refractivity contribution in [1.29, 1.82) is 0 Å². The minimum absolute atomic E-state index is 0.0562. The van der Waals surface area contributed by atoms with Crippen LogP contribution in [0.5, 0.6) is 0 Å². The van der Waals surface area contributed by atoms with Crippen molar-refractivity contribution in [3.05, 3.63) is 0 Å². The third kappa shape index (κ3) is 2.17. The summed E-state index contributed by atoms with van der Waals surface area (Å²) in [6.07, 6.45) is 0. The zero-order chi connectivity index (χ0) is 13.4. The lowest BCUT2D eigenvalue weighted by molar-refractivity contribution is -0.139. The Labute approximate surface area is 104 Å². The summed E-state index contributed by atoms with van der Waals surface area (Å²) in [5.74, 6) is 1.18. The molecule has 4 heteroatoms. The zero-order valence-corrected chi connectivity index (χ0v) is 11.9. The molecule has 2 atom stereocenters. The minimum atomic E-state index is -0.703. The Bertz CT molecular complexity index is 336. The van der Waals surface area contributed by atoms with E-state index >= 15 is 0 Å². The molecule has 1 aliphatic heterocycles. The molecule has 4 nitrogen and oxygen atoms in total. The Hall–Kier alpha value is -1.06. The van der Waals surface area contributed by atoms with E-state index < -0.39 is 5.54 Å². The highest BCUT2D eigenvalue weighted by Crippen LogP contribution is 2.31. The largest absolute Gasteiger partial charge is 0.483 e. The quantitative estimate of drug-likeness (QED) is 0.740. The second-order valence-electron chi connectivity index (χ2n) is 5.56. The molecule has 0 aromatic carbocycles. The summed E-state index contributed by atoms with van der Waals surface area (Å²) in [6.45, 7) is 10.0. The van der Waals surface area contributed by atoms with E-state index in [1.165, 1.54) is 0 Å². The lowest BCUT2D eigenvalue weighted by Crippen LogP contribution is -2.59. The van der Waals surface area contributed by atoms with E-state index in [9.17, 15) is 4.79 Å². The highest BCUT2D eigenvalue weighted by molar-refractivity contribution is 5.98. The van der Waals surface area contributed by atoms with Crippen LogP contribution in [0, 0.1) is 11.8 Å². The smallest absolute Gasteiger partial charge is 0.251 e. The first-order valence-corrected chi connectivity index (χ1v) is 6.16. The highest BCUT2D eigenvalue weighted by Gasteiger charge is 2.47. The number of aliphatic imine (C=N–C) groups is 1. The molecule has 0 aromatic heterocycles. The predicted molar refractivity (Wildman–Crippen MR) is 69.1 cm³/mol. The van der Waals surface area contributed by atoms with Gasteiger partial charge in [0.2, 0.25) is 5.90 Å². The van der Waals surface area contributed by atoms with Crippen LogP contribution in [-0.4, -0.2) is 42.4 Å². The van der Waals surface area contributed by atoms with Crippen molar-refractivity contribution in [2.45, 2.75) is 46.2 Å².